The zero-order valence-electron chi connectivity index (χ0n) is 10.1. The number of nitrogens with zero attached hydrogens (tertiary/aromatic N) is 1. The number of rotatable bonds is 2. The van der Waals surface area contributed by atoms with Crippen molar-refractivity contribution in [2.75, 3.05) is 0 Å². The molecule has 1 atom stereocenters. The number of fused-ring (bicyclic) bond motifs is 3. The van der Waals surface area contributed by atoms with Crippen molar-refractivity contribution in [2.45, 2.75) is 25.8 Å². The molecular formula is C14H14N2O2. The number of carboxylic acids is 1. The average Bonchev–Trinajstić information content (AvgIpc) is 2.67. The Morgan fingerprint density at radius 1 is 1.50 bits per heavy atom. The summed E-state index contributed by atoms with van der Waals surface area (Å²) in [5, 5.41) is 10.1. The van der Waals surface area contributed by atoms with Gasteiger partial charge in [0.05, 0.1) is 23.9 Å². The summed E-state index contributed by atoms with van der Waals surface area (Å²) in [6.07, 6.45) is 0.840. The Hall–Kier alpha value is -2.10. The molecule has 1 aromatic carbocycles. The predicted molar refractivity (Wildman–Crippen MR) is 70.3 cm³/mol. The van der Waals surface area contributed by atoms with Crippen molar-refractivity contribution in [1.82, 2.24) is 4.98 Å². The lowest BCUT2D eigenvalue weighted by Gasteiger charge is -2.17. The molecule has 0 amide bonds. The van der Waals surface area contributed by atoms with Gasteiger partial charge >= 0.3 is 5.97 Å². The molecular weight excluding hydrogens is 228 g/mol. The van der Waals surface area contributed by atoms with Gasteiger partial charge in [-0.25, -0.2) is 0 Å². The average molecular weight is 242 g/mol. The molecule has 4 nitrogen and oxygen atoms in total. The van der Waals surface area contributed by atoms with Crippen LogP contribution in [0.15, 0.2) is 29.3 Å². The third kappa shape index (κ3) is 1.70. The second-order valence-corrected chi connectivity index (χ2v) is 4.72. The minimum Gasteiger partial charge on any atom is -0.481 e. The molecule has 92 valence electrons. The second-order valence-electron chi connectivity index (χ2n) is 4.72. The summed E-state index contributed by atoms with van der Waals surface area (Å²) in [6.45, 7) is 2.02. The van der Waals surface area contributed by atoms with Crippen molar-refractivity contribution in [3.8, 4) is 0 Å². The van der Waals surface area contributed by atoms with E-state index in [-0.39, 0.29) is 12.5 Å². The number of H-pyrrole nitrogens is 1. The smallest absolute Gasteiger partial charge is 0.309 e. The van der Waals surface area contributed by atoms with Crippen molar-refractivity contribution in [2.24, 2.45) is 4.99 Å². The number of carbonyl (C=O) groups is 1. The van der Waals surface area contributed by atoms with Gasteiger partial charge in [0.15, 0.2) is 0 Å². The van der Waals surface area contributed by atoms with Gasteiger partial charge in [-0.3, -0.25) is 9.79 Å². The van der Waals surface area contributed by atoms with E-state index in [0.29, 0.717) is 5.71 Å². The molecule has 0 saturated carbocycles. The van der Waals surface area contributed by atoms with Crippen LogP contribution in [0.25, 0.3) is 10.9 Å². The van der Waals surface area contributed by atoms with E-state index in [9.17, 15) is 4.79 Å². The molecule has 18 heavy (non-hydrogen) atoms. The highest BCUT2D eigenvalue weighted by atomic mass is 16.4. The molecule has 0 bridgehead atoms. The number of hydrogen-bond donors (Lipinski definition) is 2. The quantitative estimate of drug-likeness (QED) is 0.849. The van der Waals surface area contributed by atoms with Crippen LogP contribution in [0.2, 0.25) is 0 Å². The predicted octanol–water partition coefficient (Wildman–Crippen LogP) is 2.38. The number of carboxylic acid groups (broad SMARTS) is 1. The Morgan fingerprint density at radius 2 is 2.28 bits per heavy atom. The molecule has 2 heterocycles. The van der Waals surface area contributed by atoms with Crippen LogP contribution in [0.5, 0.6) is 0 Å². The van der Waals surface area contributed by atoms with Gasteiger partial charge in [-0.1, -0.05) is 18.2 Å². The van der Waals surface area contributed by atoms with Crippen molar-refractivity contribution >= 4 is 22.6 Å². The van der Waals surface area contributed by atoms with Crippen molar-refractivity contribution in [3.63, 3.8) is 0 Å². The summed E-state index contributed by atoms with van der Waals surface area (Å²) in [6, 6.07) is 8.20. The van der Waals surface area contributed by atoms with E-state index < -0.39 is 5.97 Å². The fourth-order valence-electron chi connectivity index (χ4n) is 2.61. The van der Waals surface area contributed by atoms with Crippen LogP contribution in [0.3, 0.4) is 0 Å². The lowest BCUT2D eigenvalue weighted by Crippen LogP contribution is -2.20. The summed E-state index contributed by atoms with van der Waals surface area (Å²) in [7, 11) is 0. The molecule has 0 fully saturated rings. The van der Waals surface area contributed by atoms with Crippen LogP contribution >= 0.6 is 0 Å². The fourth-order valence-corrected chi connectivity index (χ4v) is 2.61. The molecule has 1 aliphatic rings. The van der Waals surface area contributed by atoms with E-state index in [2.05, 4.69) is 16.0 Å². The zero-order valence-corrected chi connectivity index (χ0v) is 10.1. The SMILES string of the molecule is CC1Cc2c([nH]c3ccccc23)C(CC(=O)O)=N1. The van der Waals surface area contributed by atoms with Crippen LogP contribution in [0.4, 0.5) is 0 Å². The van der Waals surface area contributed by atoms with E-state index in [1.54, 1.807) is 0 Å². The number of benzene rings is 1. The third-order valence-electron chi connectivity index (χ3n) is 3.30. The van der Waals surface area contributed by atoms with E-state index in [1.165, 1.54) is 10.9 Å². The first-order valence-corrected chi connectivity index (χ1v) is 6.03. The number of nitrogens with one attached hydrogen (secondary N) is 1. The van der Waals surface area contributed by atoms with Gasteiger partial charge in [0.2, 0.25) is 0 Å². The highest BCUT2D eigenvalue weighted by molar-refractivity contribution is 6.12. The molecule has 2 N–H and O–H groups in total. The number of hydrogen-bond acceptors (Lipinski definition) is 2. The Morgan fingerprint density at radius 3 is 3.06 bits per heavy atom. The number of para-hydroxylation sites is 1. The normalized spacial score (nSPS) is 18.5. The second kappa shape index (κ2) is 3.98. The minimum atomic E-state index is -0.840. The Bertz CT molecular complexity index is 655. The van der Waals surface area contributed by atoms with E-state index in [0.717, 1.165) is 17.6 Å². The maximum absolute atomic E-state index is 10.9. The number of aliphatic carboxylic acids is 1. The first-order valence-electron chi connectivity index (χ1n) is 6.03. The van der Waals surface area contributed by atoms with E-state index in [4.69, 9.17) is 5.11 Å². The molecule has 2 aromatic rings. The van der Waals surface area contributed by atoms with Gasteiger partial charge in [0, 0.05) is 10.9 Å². The molecule has 0 radical (unpaired) electrons. The van der Waals surface area contributed by atoms with Crippen LogP contribution in [0, 0.1) is 0 Å². The fraction of sp³-hybridized carbons (Fsp3) is 0.286. The highest BCUT2D eigenvalue weighted by Crippen LogP contribution is 2.28. The maximum atomic E-state index is 10.9. The number of aromatic nitrogens is 1. The monoisotopic (exact) mass is 242 g/mol. The van der Waals surface area contributed by atoms with Crippen LogP contribution in [-0.2, 0) is 11.2 Å². The molecule has 0 saturated heterocycles. The Labute approximate surface area is 104 Å². The van der Waals surface area contributed by atoms with Crippen LogP contribution in [-0.4, -0.2) is 27.8 Å². The number of aromatic amines is 1. The van der Waals surface area contributed by atoms with Crippen molar-refractivity contribution in [1.29, 1.82) is 0 Å². The zero-order chi connectivity index (χ0) is 12.7. The largest absolute Gasteiger partial charge is 0.481 e. The Kier molecular flexibility index (Phi) is 2.44. The van der Waals surface area contributed by atoms with Crippen LogP contribution < -0.4 is 0 Å². The van der Waals surface area contributed by atoms with Crippen LogP contribution in [0.1, 0.15) is 24.6 Å². The topological polar surface area (TPSA) is 65.5 Å². The van der Waals surface area contributed by atoms with Crippen molar-refractivity contribution < 1.29 is 9.90 Å². The lowest BCUT2D eigenvalue weighted by atomic mass is 9.97. The third-order valence-corrected chi connectivity index (χ3v) is 3.30. The molecule has 1 aliphatic heterocycles. The van der Waals surface area contributed by atoms with Gasteiger partial charge in [-0.05, 0) is 25.0 Å². The van der Waals surface area contributed by atoms with Crippen molar-refractivity contribution in [3.05, 3.63) is 35.5 Å². The van der Waals surface area contributed by atoms with E-state index in [1.807, 2.05) is 25.1 Å². The van der Waals surface area contributed by atoms with Gasteiger partial charge in [-0.2, -0.15) is 0 Å². The standard InChI is InChI=1S/C14H14N2O2/c1-8-6-10-9-4-2-3-5-11(9)16-14(10)12(15-8)7-13(17)18/h2-5,8,16H,6-7H2,1H3,(H,17,18). The minimum absolute atomic E-state index is 0.0236. The molecule has 3 rings (SSSR count). The first-order chi connectivity index (χ1) is 8.65. The summed E-state index contributed by atoms with van der Waals surface area (Å²) in [5.74, 6) is -0.840. The molecule has 1 aromatic heterocycles. The lowest BCUT2D eigenvalue weighted by molar-refractivity contribution is -0.135. The number of aliphatic imine (C=N–C) groups is 1. The summed E-state index contributed by atoms with van der Waals surface area (Å²) in [5.41, 5.74) is 3.81. The van der Waals surface area contributed by atoms with E-state index >= 15 is 0 Å². The van der Waals surface area contributed by atoms with Gasteiger partial charge in [0.25, 0.3) is 0 Å². The molecule has 0 spiro atoms. The van der Waals surface area contributed by atoms with Gasteiger partial charge in [-0.15, -0.1) is 0 Å². The highest BCUT2D eigenvalue weighted by Gasteiger charge is 2.23. The first kappa shape index (κ1) is 11.0. The summed E-state index contributed by atoms with van der Waals surface area (Å²) in [4.78, 5) is 18.7. The molecule has 0 aliphatic carbocycles. The maximum Gasteiger partial charge on any atom is 0.309 e. The van der Waals surface area contributed by atoms with Gasteiger partial charge < -0.3 is 10.1 Å². The summed E-state index contributed by atoms with van der Waals surface area (Å²) < 4.78 is 0. The van der Waals surface area contributed by atoms with Gasteiger partial charge in [0.1, 0.15) is 0 Å². The molecule has 4 heteroatoms. The Balaban J connectivity index is 2.18. The summed E-state index contributed by atoms with van der Waals surface area (Å²) >= 11 is 0. The molecule has 1 unspecified atom stereocenters.